The number of nitriles is 1. The first-order chi connectivity index (χ1) is 8.12. The summed E-state index contributed by atoms with van der Waals surface area (Å²) in [5.41, 5.74) is 1.48. The van der Waals surface area contributed by atoms with E-state index in [1.807, 2.05) is 13.0 Å². The molecule has 90 valence electrons. The number of ketones is 1. The number of halogens is 1. The van der Waals surface area contributed by atoms with Gasteiger partial charge >= 0.3 is 0 Å². The van der Waals surface area contributed by atoms with Gasteiger partial charge in [0.15, 0.2) is 0 Å². The van der Waals surface area contributed by atoms with E-state index in [9.17, 15) is 4.79 Å². The van der Waals surface area contributed by atoms with E-state index in [1.54, 1.807) is 19.2 Å². The van der Waals surface area contributed by atoms with E-state index in [0.717, 1.165) is 5.56 Å². The lowest BCUT2D eigenvalue weighted by molar-refractivity contribution is -0.118. The molecular weight excluding hydrogens is 282 g/mol. The van der Waals surface area contributed by atoms with Crippen LogP contribution in [0.2, 0.25) is 0 Å². The Kier molecular flexibility index (Phi) is 5.17. The van der Waals surface area contributed by atoms with Crippen molar-refractivity contribution in [1.29, 1.82) is 5.26 Å². The second-order valence-electron chi connectivity index (χ2n) is 3.63. The number of alkyl halides is 1. The summed E-state index contributed by atoms with van der Waals surface area (Å²) in [5.74, 6) is 0.814. The Balaban J connectivity index is 2.91. The van der Waals surface area contributed by atoms with E-state index in [4.69, 9.17) is 10.00 Å². The summed E-state index contributed by atoms with van der Waals surface area (Å²) in [5, 5.41) is 8.79. The maximum Gasteiger partial charge on any atom is 0.146 e. The van der Waals surface area contributed by atoms with Gasteiger partial charge in [0, 0.05) is 6.42 Å². The van der Waals surface area contributed by atoms with E-state index in [-0.39, 0.29) is 10.6 Å². The minimum absolute atomic E-state index is 0.163. The van der Waals surface area contributed by atoms with Crippen molar-refractivity contribution < 1.29 is 9.53 Å². The van der Waals surface area contributed by atoms with E-state index in [2.05, 4.69) is 22.0 Å². The molecule has 0 saturated heterocycles. The summed E-state index contributed by atoms with van der Waals surface area (Å²) in [4.78, 5) is 11.3. The van der Waals surface area contributed by atoms with Crippen molar-refractivity contribution in [3.63, 3.8) is 0 Å². The molecule has 1 aromatic rings. The van der Waals surface area contributed by atoms with Crippen LogP contribution in [-0.2, 0) is 11.2 Å². The number of methoxy groups -OCH3 is 1. The van der Waals surface area contributed by atoms with E-state index >= 15 is 0 Å². The fraction of sp³-hybridized carbons (Fsp3) is 0.385. The monoisotopic (exact) mass is 295 g/mol. The summed E-state index contributed by atoms with van der Waals surface area (Å²) in [6, 6.07) is 7.30. The first kappa shape index (κ1) is 13.7. The lowest BCUT2D eigenvalue weighted by Gasteiger charge is -2.11. The van der Waals surface area contributed by atoms with Crippen LogP contribution in [0.5, 0.6) is 5.75 Å². The van der Waals surface area contributed by atoms with Gasteiger partial charge in [0.25, 0.3) is 0 Å². The predicted octanol–water partition coefficient (Wildman–Crippen LogP) is 2.85. The van der Waals surface area contributed by atoms with E-state index < -0.39 is 0 Å². The van der Waals surface area contributed by atoms with Crippen molar-refractivity contribution in [2.75, 3.05) is 7.11 Å². The summed E-state index contributed by atoms with van der Waals surface area (Å²) in [7, 11) is 1.56. The Morgan fingerprint density at radius 1 is 1.59 bits per heavy atom. The molecule has 0 heterocycles. The number of hydrogen-bond acceptors (Lipinski definition) is 3. The third-order valence-corrected chi connectivity index (χ3v) is 3.35. The highest BCUT2D eigenvalue weighted by Crippen LogP contribution is 2.23. The zero-order chi connectivity index (χ0) is 12.8. The Labute approximate surface area is 110 Å². The smallest absolute Gasteiger partial charge is 0.146 e. The van der Waals surface area contributed by atoms with Crippen LogP contribution in [0.3, 0.4) is 0 Å². The molecular formula is C13H14BrNO2. The van der Waals surface area contributed by atoms with Gasteiger partial charge in [-0.1, -0.05) is 28.9 Å². The highest BCUT2D eigenvalue weighted by Gasteiger charge is 2.16. The minimum Gasteiger partial charge on any atom is -0.496 e. The molecule has 1 unspecified atom stereocenters. The van der Waals surface area contributed by atoms with Crippen molar-refractivity contribution >= 4 is 21.7 Å². The molecule has 0 radical (unpaired) electrons. The highest BCUT2D eigenvalue weighted by molar-refractivity contribution is 9.10. The molecule has 0 aliphatic carbocycles. The number of carbonyl (C=O) groups excluding carboxylic acids is 1. The van der Waals surface area contributed by atoms with E-state index in [1.165, 1.54) is 0 Å². The predicted molar refractivity (Wildman–Crippen MR) is 69.4 cm³/mol. The third-order valence-electron chi connectivity index (χ3n) is 2.51. The van der Waals surface area contributed by atoms with Gasteiger partial charge in [-0.3, -0.25) is 4.79 Å². The second-order valence-corrected chi connectivity index (χ2v) is 4.74. The standard InChI is InChI=1S/C13H14BrNO2/c1-3-12(16)11(14)7-10-5-4-9(8-15)6-13(10)17-2/h4-6,11H,3,7H2,1-2H3. The van der Waals surface area contributed by atoms with Gasteiger partial charge in [-0.2, -0.15) is 5.26 Å². The van der Waals surface area contributed by atoms with Crippen LogP contribution in [0.25, 0.3) is 0 Å². The molecule has 0 saturated carbocycles. The van der Waals surface area contributed by atoms with Crippen LogP contribution in [-0.4, -0.2) is 17.7 Å². The molecule has 0 fully saturated rings. The Morgan fingerprint density at radius 3 is 2.82 bits per heavy atom. The molecule has 17 heavy (non-hydrogen) atoms. The van der Waals surface area contributed by atoms with Gasteiger partial charge in [0.2, 0.25) is 0 Å². The van der Waals surface area contributed by atoms with Crippen LogP contribution in [0.4, 0.5) is 0 Å². The van der Waals surface area contributed by atoms with Crippen LogP contribution < -0.4 is 4.74 Å². The first-order valence-electron chi connectivity index (χ1n) is 5.36. The largest absolute Gasteiger partial charge is 0.496 e. The molecule has 0 amide bonds. The molecule has 0 aromatic heterocycles. The number of Topliss-reactive ketones (excluding diaryl/α,β-unsaturated/α-hetero) is 1. The number of carbonyl (C=O) groups is 1. The zero-order valence-electron chi connectivity index (χ0n) is 9.87. The van der Waals surface area contributed by atoms with Crippen molar-refractivity contribution in [2.24, 2.45) is 0 Å². The van der Waals surface area contributed by atoms with Crippen LogP contribution in [0.1, 0.15) is 24.5 Å². The molecule has 3 nitrogen and oxygen atoms in total. The van der Waals surface area contributed by atoms with Gasteiger partial charge in [0.05, 0.1) is 23.6 Å². The minimum atomic E-state index is -0.200. The SMILES string of the molecule is CCC(=O)C(Br)Cc1ccc(C#N)cc1OC. The summed E-state index contributed by atoms with van der Waals surface area (Å²) in [6.07, 6.45) is 1.08. The molecule has 1 atom stereocenters. The summed E-state index contributed by atoms with van der Waals surface area (Å²) in [6.45, 7) is 1.84. The van der Waals surface area contributed by atoms with Crippen LogP contribution >= 0.6 is 15.9 Å². The zero-order valence-corrected chi connectivity index (χ0v) is 11.5. The molecule has 0 N–H and O–H groups in total. The Hall–Kier alpha value is -1.34. The highest BCUT2D eigenvalue weighted by atomic mass is 79.9. The lowest BCUT2D eigenvalue weighted by atomic mass is 10.0. The van der Waals surface area contributed by atoms with Gasteiger partial charge in [-0.05, 0) is 24.1 Å². The first-order valence-corrected chi connectivity index (χ1v) is 6.27. The van der Waals surface area contributed by atoms with Gasteiger partial charge < -0.3 is 4.74 Å². The van der Waals surface area contributed by atoms with Crippen molar-refractivity contribution in [2.45, 2.75) is 24.6 Å². The van der Waals surface area contributed by atoms with Crippen molar-refractivity contribution in [3.8, 4) is 11.8 Å². The molecule has 0 aliphatic heterocycles. The summed E-state index contributed by atoms with van der Waals surface area (Å²) >= 11 is 3.37. The summed E-state index contributed by atoms with van der Waals surface area (Å²) < 4.78 is 5.22. The lowest BCUT2D eigenvalue weighted by Crippen LogP contribution is -2.15. The van der Waals surface area contributed by atoms with Crippen molar-refractivity contribution in [1.82, 2.24) is 0 Å². The van der Waals surface area contributed by atoms with Gasteiger partial charge in [-0.25, -0.2) is 0 Å². The van der Waals surface area contributed by atoms with Gasteiger partial charge in [0.1, 0.15) is 11.5 Å². The Morgan fingerprint density at radius 2 is 2.29 bits per heavy atom. The van der Waals surface area contributed by atoms with Crippen molar-refractivity contribution in [3.05, 3.63) is 29.3 Å². The van der Waals surface area contributed by atoms with E-state index in [0.29, 0.717) is 24.2 Å². The fourth-order valence-corrected chi connectivity index (χ4v) is 2.18. The third kappa shape index (κ3) is 3.57. The molecule has 1 rings (SSSR count). The fourth-order valence-electron chi connectivity index (χ4n) is 1.51. The van der Waals surface area contributed by atoms with Gasteiger partial charge in [-0.15, -0.1) is 0 Å². The number of ether oxygens (including phenoxy) is 1. The molecule has 1 aromatic carbocycles. The number of nitrogens with zero attached hydrogens (tertiary/aromatic N) is 1. The number of hydrogen-bond donors (Lipinski definition) is 0. The average molecular weight is 296 g/mol. The second kappa shape index (κ2) is 6.41. The molecule has 0 spiro atoms. The Bertz CT molecular complexity index is 451. The number of benzene rings is 1. The maximum absolute atomic E-state index is 11.5. The molecule has 0 bridgehead atoms. The average Bonchev–Trinajstić information content (AvgIpc) is 2.37. The number of rotatable bonds is 5. The molecule has 4 heteroatoms. The quantitative estimate of drug-likeness (QED) is 0.785. The maximum atomic E-state index is 11.5. The topological polar surface area (TPSA) is 50.1 Å². The molecule has 0 aliphatic rings. The van der Waals surface area contributed by atoms with Crippen LogP contribution in [0, 0.1) is 11.3 Å². The normalized spacial score (nSPS) is 11.6. The van der Waals surface area contributed by atoms with Crippen LogP contribution in [0.15, 0.2) is 18.2 Å².